The first-order chi connectivity index (χ1) is 13.8. The number of hydrogen-bond donors (Lipinski definition) is 0. The van der Waals surface area contributed by atoms with E-state index < -0.39 is 23.4 Å². The summed E-state index contributed by atoms with van der Waals surface area (Å²) >= 11 is 0. The number of aliphatic imine (C=N–C) groups is 1. The molecule has 166 valence electrons. The highest BCUT2D eigenvalue weighted by Crippen LogP contribution is 2.24. The second kappa shape index (κ2) is 8.93. The second-order valence-corrected chi connectivity index (χ2v) is 9.21. The predicted octanol–water partition coefficient (Wildman–Crippen LogP) is 4.62. The zero-order valence-electron chi connectivity index (χ0n) is 19.4. The molecule has 0 N–H and O–H groups in total. The van der Waals surface area contributed by atoms with Crippen LogP contribution in [0.25, 0.3) is 0 Å². The first-order valence-corrected chi connectivity index (χ1v) is 10.2. The highest BCUT2D eigenvalue weighted by molar-refractivity contribution is 6.04. The van der Waals surface area contributed by atoms with Crippen LogP contribution in [0.5, 0.6) is 0 Å². The van der Waals surface area contributed by atoms with E-state index in [4.69, 9.17) is 9.47 Å². The zero-order chi connectivity index (χ0) is 22.7. The van der Waals surface area contributed by atoms with Crippen molar-refractivity contribution in [3.8, 4) is 0 Å². The number of nitrogens with zero attached hydrogens (tertiary/aromatic N) is 4. The Morgan fingerprint density at radius 1 is 0.933 bits per heavy atom. The average Bonchev–Trinajstić information content (AvgIpc) is 3.02. The Morgan fingerprint density at radius 2 is 1.37 bits per heavy atom. The van der Waals surface area contributed by atoms with E-state index in [2.05, 4.69) is 16.8 Å². The molecule has 2 amide bonds. The van der Waals surface area contributed by atoms with E-state index in [1.807, 2.05) is 31.3 Å². The van der Waals surface area contributed by atoms with Gasteiger partial charge < -0.3 is 14.4 Å². The number of guanidine groups is 1. The minimum absolute atomic E-state index is 0.204. The summed E-state index contributed by atoms with van der Waals surface area (Å²) in [5, 5.41) is 0. The molecule has 1 heterocycles. The zero-order valence-corrected chi connectivity index (χ0v) is 19.4. The van der Waals surface area contributed by atoms with Crippen molar-refractivity contribution in [2.75, 3.05) is 31.6 Å². The largest absolute Gasteiger partial charge is 0.443 e. The number of carbonyl (C=O) groups excluding carboxylic acids is 2. The summed E-state index contributed by atoms with van der Waals surface area (Å²) in [5.74, 6) is 0.204. The van der Waals surface area contributed by atoms with E-state index in [0.717, 1.165) is 12.2 Å². The molecule has 0 aromatic heterocycles. The van der Waals surface area contributed by atoms with E-state index in [-0.39, 0.29) is 19.0 Å². The Kier molecular flexibility index (Phi) is 7.00. The standard InChI is InChI=1S/C22H34N4O4/c1-9-24(8)17-12-10-16(11-13-17)23-18-25(19(27)29-21(2,3)4)14-15-26(18)20(28)30-22(5,6)7/h10-13H,9,14-15H2,1-8H3. The van der Waals surface area contributed by atoms with Gasteiger partial charge in [-0.1, -0.05) is 0 Å². The Balaban J connectivity index is 2.37. The van der Waals surface area contributed by atoms with Crippen LogP contribution in [0.15, 0.2) is 29.3 Å². The van der Waals surface area contributed by atoms with Crippen LogP contribution in [0.2, 0.25) is 0 Å². The van der Waals surface area contributed by atoms with Crippen molar-refractivity contribution in [2.24, 2.45) is 4.99 Å². The summed E-state index contributed by atoms with van der Waals surface area (Å²) in [4.78, 5) is 34.9. The van der Waals surface area contributed by atoms with E-state index in [0.29, 0.717) is 5.69 Å². The van der Waals surface area contributed by atoms with Crippen molar-refractivity contribution in [2.45, 2.75) is 59.7 Å². The van der Waals surface area contributed by atoms with E-state index in [1.54, 1.807) is 41.5 Å². The first kappa shape index (κ1) is 23.5. The number of anilines is 1. The molecule has 1 aliphatic heterocycles. The van der Waals surface area contributed by atoms with Gasteiger partial charge in [0.05, 0.1) is 18.8 Å². The van der Waals surface area contributed by atoms with Crippen molar-refractivity contribution in [1.82, 2.24) is 9.80 Å². The smallest absolute Gasteiger partial charge is 0.417 e. The summed E-state index contributed by atoms with van der Waals surface area (Å²) in [7, 11) is 2.01. The maximum Gasteiger partial charge on any atom is 0.417 e. The molecule has 1 fully saturated rings. The van der Waals surface area contributed by atoms with Gasteiger partial charge in [0.1, 0.15) is 11.2 Å². The number of rotatable bonds is 3. The minimum Gasteiger partial charge on any atom is -0.443 e. The number of hydrogen-bond acceptors (Lipinski definition) is 6. The van der Waals surface area contributed by atoms with Crippen molar-refractivity contribution in [3.05, 3.63) is 24.3 Å². The van der Waals surface area contributed by atoms with Gasteiger partial charge >= 0.3 is 12.2 Å². The molecule has 0 unspecified atom stereocenters. The molecule has 0 spiro atoms. The Morgan fingerprint density at radius 3 is 1.73 bits per heavy atom. The van der Waals surface area contributed by atoms with Crippen molar-refractivity contribution in [3.63, 3.8) is 0 Å². The van der Waals surface area contributed by atoms with Gasteiger partial charge in [0, 0.05) is 19.3 Å². The van der Waals surface area contributed by atoms with Crippen LogP contribution in [0.4, 0.5) is 21.0 Å². The maximum atomic E-state index is 12.7. The molecular weight excluding hydrogens is 384 g/mol. The molecule has 8 heteroatoms. The fraction of sp³-hybridized carbons (Fsp3) is 0.591. The fourth-order valence-corrected chi connectivity index (χ4v) is 2.73. The van der Waals surface area contributed by atoms with Crippen LogP contribution in [-0.2, 0) is 9.47 Å². The van der Waals surface area contributed by atoms with Gasteiger partial charge in [-0.25, -0.2) is 24.4 Å². The normalized spacial score (nSPS) is 14.6. The molecule has 0 saturated carbocycles. The van der Waals surface area contributed by atoms with Crippen molar-refractivity contribution in [1.29, 1.82) is 0 Å². The Hall–Kier alpha value is -2.77. The van der Waals surface area contributed by atoms with Crippen LogP contribution in [0.1, 0.15) is 48.5 Å². The van der Waals surface area contributed by atoms with Crippen LogP contribution >= 0.6 is 0 Å². The molecule has 0 bridgehead atoms. The molecular formula is C22H34N4O4. The molecule has 0 radical (unpaired) electrons. The lowest BCUT2D eigenvalue weighted by Crippen LogP contribution is -2.44. The lowest BCUT2D eigenvalue weighted by Gasteiger charge is -2.27. The third kappa shape index (κ3) is 6.37. The molecule has 8 nitrogen and oxygen atoms in total. The topological polar surface area (TPSA) is 74.7 Å². The lowest BCUT2D eigenvalue weighted by molar-refractivity contribution is 0.0375. The van der Waals surface area contributed by atoms with Gasteiger partial charge in [0.15, 0.2) is 0 Å². The summed E-state index contributed by atoms with van der Waals surface area (Å²) in [6.45, 7) is 14.3. The quantitative estimate of drug-likeness (QED) is 0.716. The third-order valence-corrected chi connectivity index (χ3v) is 4.25. The molecule has 0 atom stereocenters. The van der Waals surface area contributed by atoms with E-state index in [9.17, 15) is 9.59 Å². The fourth-order valence-electron chi connectivity index (χ4n) is 2.73. The summed E-state index contributed by atoms with van der Waals surface area (Å²) in [5.41, 5.74) is 0.366. The molecule has 1 saturated heterocycles. The SMILES string of the molecule is CCN(C)c1ccc(N=C2N(C(=O)OC(C)(C)C)CCN2C(=O)OC(C)(C)C)cc1. The minimum atomic E-state index is -0.659. The Labute approximate surface area is 179 Å². The molecule has 2 rings (SSSR count). The van der Waals surface area contributed by atoms with Gasteiger partial charge in [0.2, 0.25) is 5.96 Å². The van der Waals surface area contributed by atoms with Crippen LogP contribution in [-0.4, -0.2) is 65.8 Å². The molecule has 1 aromatic carbocycles. The van der Waals surface area contributed by atoms with Gasteiger partial charge in [-0.15, -0.1) is 0 Å². The number of benzene rings is 1. The molecule has 1 aliphatic rings. The van der Waals surface area contributed by atoms with Crippen molar-refractivity contribution < 1.29 is 19.1 Å². The summed E-state index contributed by atoms with van der Waals surface area (Å²) in [6.07, 6.45) is -1.09. The Bertz CT molecular complexity index is 753. The number of ether oxygens (including phenoxy) is 2. The van der Waals surface area contributed by atoms with Crippen LogP contribution in [0.3, 0.4) is 0 Å². The first-order valence-electron chi connectivity index (χ1n) is 10.2. The summed E-state index contributed by atoms with van der Waals surface area (Å²) < 4.78 is 11.0. The van der Waals surface area contributed by atoms with Crippen LogP contribution in [0, 0.1) is 0 Å². The highest BCUT2D eigenvalue weighted by atomic mass is 16.6. The van der Waals surface area contributed by atoms with Crippen LogP contribution < -0.4 is 4.90 Å². The van der Waals surface area contributed by atoms with Gasteiger partial charge in [-0.3, -0.25) is 0 Å². The van der Waals surface area contributed by atoms with E-state index >= 15 is 0 Å². The number of amides is 2. The number of carbonyl (C=O) groups is 2. The average molecular weight is 419 g/mol. The highest BCUT2D eigenvalue weighted by Gasteiger charge is 2.39. The predicted molar refractivity (Wildman–Crippen MR) is 118 cm³/mol. The van der Waals surface area contributed by atoms with E-state index in [1.165, 1.54) is 9.80 Å². The molecule has 1 aromatic rings. The van der Waals surface area contributed by atoms with Gasteiger partial charge in [0.25, 0.3) is 0 Å². The molecule has 30 heavy (non-hydrogen) atoms. The lowest BCUT2D eigenvalue weighted by atomic mass is 10.2. The summed E-state index contributed by atoms with van der Waals surface area (Å²) in [6, 6.07) is 7.61. The maximum absolute atomic E-state index is 12.7. The molecule has 0 aliphatic carbocycles. The van der Waals surface area contributed by atoms with Crippen molar-refractivity contribution >= 4 is 29.5 Å². The second-order valence-electron chi connectivity index (χ2n) is 9.21. The van der Waals surface area contributed by atoms with Gasteiger partial charge in [-0.05, 0) is 72.7 Å². The third-order valence-electron chi connectivity index (χ3n) is 4.25. The van der Waals surface area contributed by atoms with Gasteiger partial charge in [-0.2, -0.15) is 0 Å². The monoisotopic (exact) mass is 418 g/mol.